The summed E-state index contributed by atoms with van der Waals surface area (Å²) in [4.78, 5) is 0. The van der Waals surface area contributed by atoms with Crippen molar-refractivity contribution in [1.82, 2.24) is 0 Å². The van der Waals surface area contributed by atoms with Gasteiger partial charge in [-0.05, 0) is 11.8 Å². The number of hydrogen-bond donors (Lipinski definition) is 0. The van der Waals surface area contributed by atoms with Crippen molar-refractivity contribution in [2.75, 3.05) is 0 Å². The molecule has 0 aromatic heterocycles. The van der Waals surface area contributed by atoms with Gasteiger partial charge in [0.2, 0.25) is 0 Å². The highest BCUT2D eigenvalue weighted by Gasteiger charge is 2.36. The molecule has 0 aliphatic rings. The van der Waals surface area contributed by atoms with Crippen molar-refractivity contribution in [3.05, 3.63) is 0 Å². The van der Waals surface area contributed by atoms with E-state index in [1.807, 2.05) is 0 Å². The number of alkyl halides is 4. The lowest BCUT2D eigenvalue weighted by Crippen LogP contribution is -2.14. The van der Waals surface area contributed by atoms with Gasteiger partial charge >= 0.3 is 0 Å². The molecular weight excluding hydrogens is 156 g/mol. The smallest absolute Gasteiger partial charge is 0.194 e. The van der Waals surface area contributed by atoms with Crippen LogP contribution in [0, 0.1) is 0 Å². The summed E-state index contributed by atoms with van der Waals surface area (Å²) in [7, 11) is 0. The molecule has 0 nitrogen and oxygen atoms in total. The minimum atomic E-state index is -3.35. The van der Waals surface area contributed by atoms with Gasteiger partial charge in [0.25, 0.3) is 10.5 Å². The summed E-state index contributed by atoms with van der Waals surface area (Å²) in [6, 6.07) is 0. The molecule has 0 amide bonds. The molecule has 0 aromatic rings. The molecule has 0 saturated heterocycles. The topological polar surface area (TPSA) is 0 Å². The Morgan fingerprint density at radius 1 is 0.889 bits per heavy atom. The van der Waals surface area contributed by atoms with Crippen LogP contribution in [0.15, 0.2) is 0 Å². The average Bonchev–Trinajstić information content (AvgIpc) is 1.14. The normalized spacial score (nSPS) is 14.0. The molecule has 0 atom stereocenters. The number of rotatable bonds is 2. The third kappa shape index (κ3) is 8.07. The predicted octanol–water partition coefficient (Wildman–Crippen LogP) is 2.95. The van der Waals surface area contributed by atoms with Crippen LogP contribution in [0.4, 0.5) is 17.6 Å². The molecule has 0 unspecified atom stereocenters. The first-order valence-electron chi connectivity index (χ1n) is 2.16. The molecule has 9 heavy (non-hydrogen) atoms. The van der Waals surface area contributed by atoms with E-state index in [4.69, 9.17) is 0 Å². The predicted molar refractivity (Wildman–Crippen MR) is 28.8 cm³/mol. The molecular formula is C4H6F4S. The molecule has 0 bridgehead atoms. The van der Waals surface area contributed by atoms with E-state index in [1.165, 1.54) is 0 Å². The van der Waals surface area contributed by atoms with Crippen LogP contribution in [0.25, 0.3) is 0 Å². The molecule has 0 aliphatic carbocycles. The SMILES string of the molecule is CC(F)(F)SC(C)(F)F. The number of hydrogen-bond acceptors (Lipinski definition) is 1. The molecule has 0 N–H and O–H groups in total. The first-order chi connectivity index (χ1) is 3.71. The largest absolute Gasteiger partial charge is 0.296 e. The lowest BCUT2D eigenvalue weighted by molar-refractivity contribution is 0.0906. The van der Waals surface area contributed by atoms with Gasteiger partial charge in [-0.25, -0.2) is 0 Å². The van der Waals surface area contributed by atoms with E-state index in [9.17, 15) is 17.6 Å². The van der Waals surface area contributed by atoms with Crippen LogP contribution in [0.2, 0.25) is 0 Å². The molecule has 0 heterocycles. The summed E-state index contributed by atoms with van der Waals surface area (Å²) in [5, 5.41) is -6.70. The Bertz CT molecular complexity index is 77.7. The highest BCUT2D eigenvalue weighted by molar-refractivity contribution is 8.01. The minimum absolute atomic E-state index is 0.440. The lowest BCUT2D eigenvalue weighted by Gasteiger charge is -2.14. The van der Waals surface area contributed by atoms with Crippen LogP contribution < -0.4 is 0 Å². The van der Waals surface area contributed by atoms with Gasteiger partial charge in [-0.15, -0.1) is 0 Å². The van der Waals surface area contributed by atoms with Gasteiger partial charge in [-0.1, -0.05) is 0 Å². The van der Waals surface area contributed by atoms with Crippen molar-refractivity contribution < 1.29 is 17.6 Å². The van der Waals surface area contributed by atoms with Crippen LogP contribution in [-0.2, 0) is 0 Å². The van der Waals surface area contributed by atoms with Gasteiger partial charge in [0.05, 0.1) is 0 Å². The van der Waals surface area contributed by atoms with E-state index in [1.54, 1.807) is 0 Å². The molecule has 0 aliphatic heterocycles. The van der Waals surface area contributed by atoms with E-state index < -0.39 is 22.3 Å². The summed E-state index contributed by atoms with van der Waals surface area (Å²) in [6.07, 6.45) is 0. The fourth-order valence-corrected chi connectivity index (χ4v) is 0.944. The highest BCUT2D eigenvalue weighted by Crippen LogP contribution is 2.40. The quantitative estimate of drug-likeness (QED) is 0.562. The number of thioether (sulfide) groups is 1. The van der Waals surface area contributed by atoms with Gasteiger partial charge in [-0.2, -0.15) is 17.6 Å². The van der Waals surface area contributed by atoms with Crippen molar-refractivity contribution in [2.45, 2.75) is 24.4 Å². The van der Waals surface area contributed by atoms with Crippen molar-refractivity contribution >= 4 is 11.8 Å². The molecule has 5 heteroatoms. The van der Waals surface area contributed by atoms with E-state index in [0.29, 0.717) is 13.8 Å². The molecule has 0 fully saturated rings. The van der Waals surface area contributed by atoms with Crippen molar-refractivity contribution in [3.63, 3.8) is 0 Å². The Kier molecular flexibility index (Phi) is 2.38. The second-order valence-electron chi connectivity index (χ2n) is 1.72. The van der Waals surface area contributed by atoms with Crippen molar-refractivity contribution in [2.24, 2.45) is 0 Å². The van der Waals surface area contributed by atoms with Crippen LogP contribution in [0.5, 0.6) is 0 Å². The van der Waals surface area contributed by atoms with E-state index >= 15 is 0 Å². The van der Waals surface area contributed by atoms with Crippen LogP contribution >= 0.6 is 11.8 Å². The Morgan fingerprint density at radius 3 is 1.11 bits per heavy atom. The molecule has 0 saturated carbocycles. The standard InChI is InChI=1S/C4H6F4S/c1-3(5,6)9-4(2,7)8/h1-2H3. The maximum atomic E-state index is 11.7. The van der Waals surface area contributed by atoms with Crippen LogP contribution in [0.1, 0.15) is 13.8 Å². The zero-order valence-corrected chi connectivity index (χ0v) is 5.74. The Labute approximate surface area is 54.6 Å². The fourth-order valence-electron chi connectivity index (χ4n) is 0.315. The first kappa shape index (κ1) is 9.07. The second-order valence-corrected chi connectivity index (χ2v) is 3.36. The van der Waals surface area contributed by atoms with Crippen molar-refractivity contribution in [3.8, 4) is 0 Å². The minimum Gasteiger partial charge on any atom is -0.194 e. The molecule has 0 aromatic carbocycles. The maximum absolute atomic E-state index is 11.7. The van der Waals surface area contributed by atoms with Gasteiger partial charge in [0, 0.05) is 13.8 Å². The molecule has 0 rings (SSSR count). The van der Waals surface area contributed by atoms with Gasteiger partial charge < -0.3 is 0 Å². The summed E-state index contributed by atoms with van der Waals surface area (Å²) < 4.78 is 46.8. The molecule has 0 radical (unpaired) electrons. The van der Waals surface area contributed by atoms with E-state index in [0.717, 1.165) is 0 Å². The lowest BCUT2D eigenvalue weighted by atomic mass is 10.8. The zero-order chi connectivity index (χ0) is 7.71. The van der Waals surface area contributed by atoms with Crippen LogP contribution in [0.3, 0.4) is 0 Å². The monoisotopic (exact) mass is 162 g/mol. The first-order valence-corrected chi connectivity index (χ1v) is 2.98. The summed E-state index contributed by atoms with van der Waals surface area (Å²) >= 11 is -0.653. The second kappa shape index (κ2) is 2.36. The van der Waals surface area contributed by atoms with E-state index in [-0.39, 0.29) is 0 Å². The Hall–Kier alpha value is 0.0700. The summed E-state index contributed by atoms with van der Waals surface area (Å²) in [6.45, 7) is 0.879. The maximum Gasteiger partial charge on any atom is 0.296 e. The Morgan fingerprint density at radius 2 is 1.11 bits per heavy atom. The average molecular weight is 162 g/mol. The molecule has 56 valence electrons. The Balaban J connectivity index is 3.75. The van der Waals surface area contributed by atoms with E-state index in [2.05, 4.69) is 0 Å². The van der Waals surface area contributed by atoms with Gasteiger partial charge in [0.1, 0.15) is 0 Å². The van der Waals surface area contributed by atoms with Crippen molar-refractivity contribution in [1.29, 1.82) is 0 Å². The third-order valence-corrected chi connectivity index (χ3v) is 1.08. The highest BCUT2D eigenvalue weighted by atomic mass is 32.2. The summed E-state index contributed by atoms with van der Waals surface area (Å²) in [5.74, 6) is 0. The van der Waals surface area contributed by atoms with Gasteiger partial charge in [0.15, 0.2) is 0 Å². The third-order valence-electron chi connectivity index (χ3n) is 0.358. The fraction of sp³-hybridized carbons (Fsp3) is 1.00. The molecule has 0 spiro atoms. The summed E-state index contributed by atoms with van der Waals surface area (Å²) in [5.41, 5.74) is 0. The van der Waals surface area contributed by atoms with Gasteiger partial charge in [-0.3, -0.25) is 0 Å². The number of halogens is 4. The zero-order valence-electron chi connectivity index (χ0n) is 4.92. The van der Waals surface area contributed by atoms with Crippen LogP contribution in [-0.4, -0.2) is 10.5 Å².